The number of pyridine rings is 1. The molecule has 0 amide bonds. The van der Waals surface area contributed by atoms with E-state index in [9.17, 15) is 15.4 Å². The van der Waals surface area contributed by atoms with Crippen molar-refractivity contribution in [3.05, 3.63) is 58.3 Å². The topological polar surface area (TPSA) is 126 Å². The molecule has 0 radical (unpaired) electrons. The average molecular weight is 437 g/mol. The number of amidine groups is 1. The molecule has 1 aromatic carbocycles. The second-order valence-electron chi connectivity index (χ2n) is 8.07. The SMILES string of the molecule is COCCOc1cc(NC2=[N+](C(C)(C)C)N=C(c3ccc([N+](=O)[O-])cc3)C2C#N)ccn1. The second-order valence-corrected chi connectivity index (χ2v) is 8.07. The van der Waals surface area contributed by atoms with Gasteiger partial charge in [-0.15, -0.1) is 4.68 Å². The Morgan fingerprint density at radius 1 is 1.25 bits per heavy atom. The van der Waals surface area contributed by atoms with Crippen molar-refractivity contribution in [1.82, 2.24) is 4.98 Å². The molecule has 0 saturated heterocycles. The minimum Gasteiger partial charge on any atom is -0.475 e. The van der Waals surface area contributed by atoms with Crippen molar-refractivity contribution in [2.45, 2.75) is 26.3 Å². The van der Waals surface area contributed by atoms with Crippen molar-refractivity contribution < 1.29 is 19.1 Å². The van der Waals surface area contributed by atoms with Crippen LogP contribution in [-0.2, 0) is 4.74 Å². The second kappa shape index (κ2) is 9.53. The highest BCUT2D eigenvalue weighted by atomic mass is 16.6. The van der Waals surface area contributed by atoms with E-state index in [0.717, 1.165) is 0 Å². The summed E-state index contributed by atoms with van der Waals surface area (Å²) in [7, 11) is 1.59. The van der Waals surface area contributed by atoms with Crippen LogP contribution in [0.3, 0.4) is 0 Å². The summed E-state index contributed by atoms with van der Waals surface area (Å²) in [5.74, 6) is 0.321. The lowest BCUT2D eigenvalue weighted by Gasteiger charge is -2.17. The standard InChI is InChI=1S/C22H24N6O4/c1-22(2,3)27-21(25-16-9-10-24-19(13-16)32-12-11-31-4)18(14-23)20(26-27)15-5-7-17(8-6-15)28(29)30/h5-10,13,18H,11-12H2,1-4H3/p+1. The summed E-state index contributed by atoms with van der Waals surface area (Å²) >= 11 is 0. The van der Waals surface area contributed by atoms with Gasteiger partial charge >= 0.3 is 0 Å². The van der Waals surface area contributed by atoms with E-state index in [1.165, 1.54) is 12.1 Å². The maximum atomic E-state index is 11.0. The van der Waals surface area contributed by atoms with Crippen LogP contribution in [0.25, 0.3) is 0 Å². The van der Waals surface area contributed by atoms with Gasteiger partial charge in [-0.2, -0.15) is 5.26 Å². The summed E-state index contributed by atoms with van der Waals surface area (Å²) in [4.78, 5) is 14.7. The molecule has 1 N–H and O–H groups in total. The average Bonchev–Trinajstić information content (AvgIpc) is 3.13. The molecule has 32 heavy (non-hydrogen) atoms. The van der Waals surface area contributed by atoms with E-state index in [2.05, 4.69) is 16.4 Å². The molecule has 1 aromatic heterocycles. The van der Waals surface area contributed by atoms with Gasteiger partial charge < -0.3 is 9.47 Å². The van der Waals surface area contributed by atoms with Crippen LogP contribution < -0.4 is 10.1 Å². The third-order valence-electron chi connectivity index (χ3n) is 4.67. The predicted molar refractivity (Wildman–Crippen MR) is 119 cm³/mol. The molecule has 0 bridgehead atoms. The van der Waals surface area contributed by atoms with Gasteiger partial charge in [0.2, 0.25) is 5.88 Å². The van der Waals surface area contributed by atoms with Crippen molar-refractivity contribution >= 4 is 22.9 Å². The van der Waals surface area contributed by atoms with E-state index in [1.807, 2.05) is 20.8 Å². The molecule has 10 heteroatoms. The first-order valence-electron chi connectivity index (χ1n) is 9.99. The molecule has 166 valence electrons. The first-order chi connectivity index (χ1) is 15.2. The molecule has 1 atom stereocenters. The van der Waals surface area contributed by atoms with Gasteiger partial charge in [-0.1, -0.05) is 5.10 Å². The van der Waals surface area contributed by atoms with Crippen LogP contribution in [0.15, 0.2) is 47.7 Å². The quantitative estimate of drug-likeness (QED) is 0.305. The van der Waals surface area contributed by atoms with Crippen LogP contribution in [0.5, 0.6) is 5.88 Å². The van der Waals surface area contributed by atoms with E-state index < -0.39 is 16.4 Å². The van der Waals surface area contributed by atoms with Crippen molar-refractivity contribution in [2.24, 2.45) is 11.0 Å². The van der Waals surface area contributed by atoms with Crippen molar-refractivity contribution in [3.8, 4) is 11.9 Å². The molecule has 0 spiro atoms. The molecule has 2 heterocycles. The van der Waals surface area contributed by atoms with Gasteiger partial charge in [-0.25, -0.2) is 10.3 Å². The zero-order valence-electron chi connectivity index (χ0n) is 18.4. The summed E-state index contributed by atoms with van der Waals surface area (Å²) < 4.78 is 12.3. The highest BCUT2D eigenvalue weighted by Gasteiger charge is 2.42. The molecule has 1 aliphatic rings. The van der Waals surface area contributed by atoms with Gasteiger partial charge in [0.05, 0.1) is 17.6 Å². The Morgan fingerprint density at radius 2 is 1.97 bits per heavy atom. The molecule has 0 fully saturated rings. The minimum atomic E-state index is -0.693. The lowest BCUT2D eigenvalue weighted by Crippen LogP contribution is -2.37. The molecule has 0 saturated carbocycles. The van der Waals surface area contributed by atoms with Crippen LogP contribution in [0.4, 0.5) is 11.4 Å². The Kier molecular flexibility index (Phi) is 6.80. The fraction of sp³-hybridized carbons (Fsp3) is 0.364. The number of nitro groups is 1. The number of anilines is 1. The number of rotatable bonds is 7. The number of hydrogen-bond donors (Lipinski definition) is 1. The third-order valence-corrected chi connectivity index (χ3v) is 4.67. The van der Waals surface area contributed by atoms with Gasteiger partial charge in [-0.3, -0.25) is 10.1 Å². The number of non-ortho nitro benzene ring substituents is 1. The van der Waals surface area contributed by atoms with Crippen LogP contribution in [0.2, 0.25) is 0 Å². The smallest absolute Gasteiger partial charge is 0.299 e. The number of benzene rings is 1. The van der Waals surface area contributed by atoms with E-state index in [1.54, 1.807) is 42.3 Å². The Morgan fingerprint density at radius 3 is 2.56 bits per heavy atom. The summed E-state index contributed by atoms with van der Waals surface area (Å²) in [6.07, 6.45) is 1.61. The summed E-state index contributed by atoms with van der Waals surface area (Å²) in [6, 6.07) is 11.9. The maximum Gasteiger partial charge on any atom is 0.299 e. The van der Waals surface area contributed by atoms with Gasteiger partial charge in [0.15, 0.2) is 5.92 Å². The van der Waals surface area contributed by atoms with E-state index in [4.69, 9.17) is 14.6 Å². The molecule has 10 nitrogen and oxygen atoms in total. The zero-order chi connectivity index (χ0) is 23.3. The van der Waals surface area contributed by atoms with Crippen LogP contribution in [-0.4, -0.2) is 52.0 Å². The molecule has 1 aliphatic heterocycles. The maximum absolute atomic E-state index is 11.0. The Bertz CT molecular complexity index is 1100. The third kappa shape index (κ3) is 5.07. The zero-order valence-corrected chi connectivity index (χ0v) is 18.4. The summed E-state index contributed by atoms with van der Waals surface area (Å²) in [6.45, 7) is 6.76. The lowest BCUT2D eigenvalue weighted by atomic mass is 9.96. The van der Waals surface area contributed by atoms with E-state index >= 15 is 0 Å². The van der Waals surface area contributed by atoms with Gasteiger partial charge in [0.1, 0.15) is 23.5 Å². The molecule has 3 rings (SSSR count). The van der Waals surface area contributed by atoms with Crippen LogP contribution in [0.1, 0.15) is 26.3 Å². The van der Waals surface area contributed by atoms with E-state index in [0.29, 0.717) is 41.9 Å². The number of hydrogen-bond acceptors (Lipinski definition) is 8. The van der Waals surface area contributed by atoms with Crippen molar-refractivity contribution in [1.29, 1.82) is 5.26 Å². The number of nitro benzene ring substituents is 1. The number of aromatic nitrogens is 1. The number of methoxy groups -OCH3 is 1. The number of ether oxygens (including phenoxy) is 2. The minimum absolute atomic E-state index is 0.0198. The fourth-order valence-electron chi connectivity index (χ4n) is 3.15. The highest BCUT2D eigenvalue weighted by molar-refractivity contribution is 6.19. The Hall–Kier alpha value is -3.84. The normalized spacial score (nSPS) is 15.8. The lowest BCUT2D eigenvalue weighted by molar-refractivity contribution is -0.600. The molecule has 2 aromatic rings. The number of nitriles is 1. The highest BCUT2D eigenvalue weighted by Crippen LogP contribution is 2.26. The largest absolute Gasteiger partial charge is 0.475 e. The molecule has 1 unspecified atom stereocenters. The number of hydrazone groups is 1. The van der Waals surface area contributed by atoms with Gasteiger partial charge in [0.25, 0.3) is 11.5 Å². The first kappa shape index (κ1) is 22.8. The molecular weight excluding hydrogens is 412 g/mol. The predicted octanol–water partition coefficient (Wildman–Crippen LogP) is 3.19. The van der Waals surface area contributed by atoms with Crippen molar-refractivity contribution in [2.75, 3.05) is 25.6 Å². The molecular formula is C22H25N6O4+. The Labute approximate surface area is 186 Å². The summed E-state index contributed by atoms with van der Waals surface area (Å²) in [5.41, 5.74) is 1.41. The van der Waals surface area contributed by atoms with E-state index in [-0.39, 0.29) is 5.69 Å². The molecule has 0 aliphatic carbocycles. The summed E-state index contributed by atoms with van der Waals surface area (Å²) in [5, 5.41) is 29.0. The monoisotopic (exact) mass is 437 g/mol. The van der Waals surface area contributed by atoms with Crippen LogP contribution >= 0.6 is 0 Å². The van der Waals surface area contributed by atoms with Gasteiger partial charge in [-0.05, 0) is 32.9 Å². The Balaban J connectivity index is 1.93. The van der Waals surface area contributed by atoms with Crippen LogP contribution in [0, 0.1) is 27.4 Å². The number of nitrogens with zero attached hydrogens (tertiary/aromatic N) is 5. The van der Waals surface area contributed by atoms with Crippen molar-refractivity contribution in [3.63, 3.8) is 0 Å². The van der Waals surface area contributed by atoms with Gasteiger partial charge in [0, 0.05) is 43.1 Å². The fourth-order valence-corrected chi connectivity index (χ4v) is 3.15. The first-order valence-corrected chi connectivity index (χ1v) is 9.99. The number of nitrogens with one attached hydrogen (secondary N) is 1.